The minimum Gasteiger partial charge on any atom is -0.321 e. The second-order valence-electron chi connectivity index (χ2n) is 6.53. The Bertz CT molecular complexity index is 1110. The molecule has 162 valence electrons. The van der Waals surface area contributed by atoms with Crippen LogP contribution in [-0.4, -0.2) is 14.3 Å². The van der Waals surface area contributed by atoms with Crippen LogP contribution in [0.2, 0.25) is 5.02 Å². The van der Waals surface area contributed by atoms with E-state index in [2.05, 4.69) is 10.5 Å². The molecule has 3 rings (SSSR count). The summed E-state index contributed by atoms with van der Waals surface area (Å²) < 4.78 is 43.6. The molecular weight excluding hydrogens is 444 g/mol. The van der Waals surface area contributed by atoms with E-state index in [-0.39, 0.29) is 24.5 Å². The molecule has 5 N–H and O–H groups in total. The van der Waals surface area contributed by atoms with E-state index in [1.54, 1.807) is 48.5 Å². The molecule has 31 heavy (non-hydrogen) atoms. The fourth-order valence-electron chi connectivity index (χ4n) is 2.93. The number of rotatable bonds is 7. The lowest BCUT2D eigenvalue weighted by atomic mass is 10.1. The van der Waals surface area contributed by atoms with Crippen LogP contribution >= 0.6 is 11.6 Å². The minimum absolute atomic E-state index is 0.0167. The highest BCUT2D eigenvalue weighted by molar-refractivity contribution is 7.82. The molecule has 0 aliphatic heterocycles. The second kappa shape index (κ2) is 10.5. The fourth-order valence-corrected chi connectivity index (χ4v) is 4.24. The smallest absolute Gasteiger partial charge is 0.169 e. The molecular formula is C21H20ClF2N5OS. The second-order valence-corrected chi connectivity index (χ2v) is 8.45. The zero-order valence-electron chi connectivity index (χ0n) is 16.3. The Morgan fingerprint density at radius 1 is 1.03 bits per heavy atom. The van der Waals surface area contributed by atoms with Gasteiger partial charge in [-0.2, -0.15) is 5.10 Å². The molecule has 1 atom stereocenters. The van der Waals surface area contributed by atoms with E-state index in [9.17, 15) is 13.0 Å². The van der Waals surface area contributed by atoms with Gasteiger partial charge in [-0.15, -0.1) is 0 Å². The highest BCUT2D eigenvalue weighted by Crippen LogP contribution is 2.22. The minimum atomic E-state index is -1.65. The molecule has 3 aromatic rings. The van der Waals surface area contributed by atoms with Crippen molar-refractivity contribution in [2.24, 2.45) is 16.8 Å². The molecule has 0 amide bonds. The van der Waals surface area contributed by atoms with E-state index in [4.69, 9.17) is 23.3 Å². The molecule has 0 saturated heterocycles. The van der Waals surface area contributed by atoms with Crippen LogP contribution in [0.1, 0.15) is 16.7 Å². The summed E-state index contributed by atoms with van der Waals surface area (Å²) in [6.07, 6.45) is 0. The molecule has 0 aliphatic rings. The van der Waals surface area contributed by atoms with Crippen LogP contribution in [0.3, 0.4) is 0 Å². The largest absolute Gasteiger partial charge is 0.321 e. The predicted octanol–water partition coefficient (Wildman–Crippen LogP) is 3.43. The summed E-state index contributed by atoms with van der Waals surface area (Å²) in [5, 5.41) is 3.90. The number of hydrazine groups is 1. The Kier molecular flexibility index (Phi) is 7.69. The van der Waals surface area contributed by atoms with Gasteiger partial charge in [-0.05, 0) is 48.0 Å². The molecule has 3 aromatic carbocycles. The van der Waals surface area contributed by atoms with Crippen molar-refractivity contribution >= 4 is 28.4 Å². The number of nitrogens with one attached hydrogen (secondary N) is 1. The lowest BCUT2D eigenvalue weighted by Gasteiger charge is -2.22. The van der Waals surface area contributed by atoms with E-state index in [1.807, 2.05) is 0 Å². The van der Waals surface area contributed by atoms with E-state index in [0.29, 0.717) is 21.0 Å². The molecule has 0 aliphatic carbocycles. The molecule has 0 aromatic heterocycles. The Morgan fingerprint density at radius 3 is 2.35 bits per heavy atom. The number of benzene rings is 3. The Balaban J connectivity index is 1.92. The maximum absolute atomic E-state index is 14.6. The highest BCUT2D eigenvalue weighted by Gasteiger charge is 2.19. The maximum atomic E-state index is 14.6. The zero-order chi connectivity index (χ0) is 22.4. The molecule has 0 bridgehead atoms. The first-order chi connectivity index (χ1) is 14.9. The van der Waals surface area contributed by atoms with Crippen LogP contribution in [0, 0.1) is 11.6 Å². The van der Waals surface area contributed by atoms with Gasteiger partial charge in [0.1, 0.15) is 22.6 Å². The summed E-state index contributed by atoms with van der Waals surface area (Å²) in [6.45, 7) is 0.136. The van der Waals surface area contributed by atoms with Gasteiger partial charge in [0.2, 0.25) is 0 Å². The van der Waals surface area contributed by atoms with E-state index in [0.717, 1.165) is 0 Å². The molecule has 0 heterocycles. The van der Waals surface area contributed by atoms with E-state index >= 15 is 0 Å². The van der Waals surface area contributed by atoms with Crippen molar-refractivity contribution in [3.8, 4) is 0 Å². The van der Waals surface area contributed by atoms with Crippen LogP contribution in [0.15, 0.2) is 76.7 Å². The molecule has 0 saturated carbocycles. The quantitative estimate of drug-likeness (QED) is 0.216. The van der Waals surface area contributed by atoms with Gasteiger partial charge >= 0.3 is 0 Å². The van der Waals surface area contributed by atoms with Crippen molar-refractivity contribution in [2.45, 2.75) is 18.0 Å². The van der Waals surface area contributed by atoms with Crippen LogP contribution in [0.4, 0.5) is 8.78 Å². The molecule has 1 unspecified atom stereocenters. The van der Waals surface area contributed by atoms with Crippen molar-refractivity contribution in [1.29, 1.82) is 0 Å². The van der Waals surface area contributed by atoms with E-state index in [1.165, 1.54) is 22.5 Å². The van der Waals surface area contributed by atoms with Gasteiger partial charge in [0, 0.05) is 23.7 Å². The van der Waals surface area contributed by atoms with Crippen molar-refractivity contribution in [1.82, 2.24) is 9.73 Å². The summed E-state index contributed by atoms with van der Waals surface area (Å²) >= 11 is 5.92. The Labute approximate surface area is 186 Å². The van der Waals surface area contributed by atoms with Crippen molar-refractivity contribution in [3.63, 3.8) is 0 Å². The average Bonchev–Trinajstić information content (AvgIpc) is 2.77. The van der Waals surface area contributed by atoms with Gasteiger partial charge in [-0.3, -0.25) is 0 Å². The van der Waals surface area contributed by atoms with Crippen LogP contribution in [0.25, 0.3) is 0 Å². The molecule has 6 nitrogen and oxygen atoms in total. The number of halogens is 3. The number of hydrazone groups is 1. The molecule has 0 spiro atoms. The van der Waals surface area contributed by atoms with Gasteiger partial charge in [0.15, 0.2) is 5.84 Å². The predicted molar refractivity (Wildman–Crippen MR) is 118 cm³/mol. The molecule has 0 fully saturated rings. The van der Waals surface area contributed by atoms with Crippen LogP contribution < -0.4 is 17.1 Å². The zero-order valence-corrected chi connectivity index (χ0v) is 17.8. The molecule has 0 radical (unpaired) electrons. The number of nitrogens with zero attached hydrogens (tertiary/aromatic N) is 2. The van der Waals surface area contributed by atoms with E-state index < -0.39 is 22.6 Å². The van der Waals surface area contributed by atoms with Gasteiger partial charge in [0.25, 0.3) is 0 Å². The monoisotopic (exact) mass is 463 g/mol. The lowest BCUT2D eigenvalue weighted by Crippen LogP contribution is -2.33. The Morgan fingerprint density at radius 2 is 1.74 bits per heavy atom. The first-order valence-electron chi connectivity index (χ1n) is 9.12. The van der Waals surface area contributed by atoms with Gasteiger partial charge in [0.05, 0.1) is 10.5 Å². The van der Waals surface area contributed by atoms with Crippen molar-refractivity contribution in [2.75, 3.05) is 0 Å². The average molecular weight is 464 g/mol. The third-order valence-corrected chi connectivity index (χ3v) is 6.12. The number of hydrogen-bond acceptors (Lipinski definition) is 4. The standard InChI is InChI=1S/C21H20ClF2N5OS/c22-16-6-8-17(9-7-16)31(30)29(13-15-3-1-2-4-19(15)23)12-14-5-10-18(20(24)11-14)21(27-25)28-26/h1-11H,12-13,25-26H2,(H,27,28). The highest BCUT2D eigenvalue weighted by atomic mass is 35.5. The third kappa shape index (κ3) is 5.65. The lowest BCUT2D eigenvalue weighted by molar-refractivity contribution is 0.423. The Hall–Kier alpha value is -2.85. The van der Waals surface area contributed by atoms with Crippen molar-refractivity contribution in [3.05, 3.63) is 100 Å². The third-order valence-electron chi connectivity index (χ3n) is 4.47. The summed E-state index contributed by atoms with van der Waals surface area (Å²) in [5.41, 5.74) is 3.21. The van der Waals surface area contributed by atoms with Crippen LogP contribution in [-0.2, 0) is 24.1 Å². The van der Waals surface area contributed by atoms with Gasteiger partial charge in [-0.25, -0.2) is 23.1 Å². The maximum Gasteiger partial charge on any atom is 0.169 e. The summed E-state index contributed by atoms with van der Waals surface area (Å²) in [4.78, 5) is 0.489. The number of hydrogen-bond donors (Lipinski definition) is 3. The van der Waals surface area contributed by atoms with Gasteiger partial charge < -0.3 is 11.3 Å². The summed E-state index contributed by atoms with van der Waals surface area (Å²) in [7, 11) is -1.65. The molecule has 10 heteroatoms. The first kappa shape index (κ1) is 22.8. The number of amidine groups is 1. The summed E-state index contributed by atoms with van der Waals surface area (Å²) in [6, 6.07) is 17.1. The topological polar surface area (TPSA) is 96.7 Å². The number of nitrogens with two attached hydrogens (primary N) is 2. The SMILES string of the molecule is N/N=C(\NN)c1ccc(CN(Cc2ccccc2F)S(=O)c2ccc(Cl)cc2)cc1F. The van der Waals surface area contributed by atoms with Crippen molar-refractivity contribution < 1.29 is 13.0 Å². The normalized spacial score (nSPS) is 12.7. The summed E-state index contributed by atoms with van der Waals surface area (Å²) in [5.74, 6) is 9.46. The first-order valence-corrected chi connectivity index (χ1v) is 10.6. The van der Waals surface area contributed by atoms with Gasteiger partial charge in [-0.1, -0.05) is 35.9 Å². The fraction of sp³-hybridized carbons (Fsp3) is 0.0952. The van der Waals surface area contributed by atoms with Crippen LogP contribution in [0.5, 0.6) is 0 Å².